The third kappa shape index (κ3) is 2.87. The number of benzene rings is 1. The molecule has 0 radical (unpaired) electrons. The molecule has 3 nitrogen and oxygen atoms in total. The Morgan fingerprint density at radius 2 is 2.00 bits per heavy atom. The highest BCUT2D eigenvalue weighted by Crippen LogP contribution is 2.33. The summed E-state index contributed by atoms with van der Waals surface area (Å²) in [6, 6.07) is 12.5. The van der Waals surface area contributed by atoms with E-state index in [-0.39, 0.29) is 0 Å². The van der Waals surface area contributed by atoms with Crippen molar-refractivity contribution in [2.45, 2.75) is 31.3 Å². The largest absolute Gasteiger partial charge is 0.381 e. The number of piperazine rings is 1. The lowest BCUT2D eigenvalue weighted by molar-refractivity contribution is 0.0374. The lowest BCUT2D eigenvalue weighted by atomic mass is 9.97. The predicted octanol–water partition coefficient (Wildman–Crippen LogP) is 2.54. The summed E-state index contributed by atoms with van der Waals surface area (Å²) in [5.74, 6) is 0.740. The van der Waals surface area contributed by atoms with Crippen LogP contribution < -0.4 is 0 Å². The molecule has 0 aliphatic carbocycles. The van der Waals surface area contributed by atoms with Crippen LogP contribution in [0.15, 0.2) is 30.3 Å². The van der Waals surface area contributed by atoms with Crippen molar-refractivity contribution >= 4 is 0 Å². The Morgan fingerprint density at radius 3 is 2.81 bits per heavy atom. The highest BCUT2D eigenvalue weighted by atomic mass is 16.5. The summed E-state index contributed by atoms with van der Waals surface area (Å²) in [7, 11) is 0. The average Bonchev–Trinajstić information content (AvgIpc) is 3.18. The molecule has 4 rings (SSSR count). The van der Waals surface area contributed by atoms with E-state index in [2.05, 4.69) is 40.1 Å². The summed E-state index contributed by atoms with van der Waals surface area (Å²) in [4.78, 5) is 5.47. The smallest absolute Gasteiger partial charge is 0.0507 e. The SMILES string of the molecule is c1ccc(C2CN3CCCC3CN2CC2CCOC2)cc1. The molecule has 1 aromatic carbocycles. The van der Waals surface area contributed by atoms with Gasteiger partial charge in [0.2, 0.25) is 0 Å². The quantitative estimate of drug-likeness (QED) is 0.849. The zero-order valence-corrected chi connectivity index (χ0v) is 12.8. The molecule has 0 saturated carbocycles. The lowest BCUT2D eigenvalue weighted by Gasteiger charge is -2.44. The number of hydrogen-bond donors (Lipinski definition) is 0. The number of ether oxygens (including phenoxy) is 1. The van der Waals surface area contributed by atoms with E-state index in [0.29, 0.717) is 6.04 Å². The van der Waals surface area contributed by atoms with E-state index in [0.717, 1.165) is 25.2 Å². The van der Waals surface area contributed by atoms with Crippen LogP contribution in [0.5, 0.6) is 0 Å². The molecule has 0 amide bonds. The van der Waals surface area contributed by atoms with Crippen LogP contribution in [0, 0.1) is 5.92 Å². The van der Waals surface area contributed by atoms with Crippen molar-refractivity contribution in [3.8, 4) is 0 Å². The van der Waals surface area contributed by atoms with Crippen LogP contribution in [0.3, 0.4) is 0 Å². The summed E-state index contributed by atoms with van der Waals surface area (Å²) in [6.07, 6.45) is 4.01. The van der Waals surface area contributed by atoms with Crippen LogP contribution in [0.2, 0.25) is 0 Å². The van der Waals surface area contributed by atoms with E-state index < -0.39 is 0 Å². The molecule has 114 valence electrons. The van der Waals surface area contributed by atoms with E-state index in [1.807, 2.05) is 0 Å². The second-order valence-corrected chi connectivity index (χ2v) is 6.90. The number of hydrogen-bond acceptors (Lipinski definition) is 3. The third-order valence-electron chi connectivity index (χ3n) is 5.49. The van der Waals surface area contributed by atoms with Gasteiger partial charge < -0.3 is 4.74 Å². The van der Waals surface area contributed by atoms with Gasteiger partial charge in [0.1, 0.15) is 0 Å². The van der Waals surface area contributed by atoms with Crippen LogP contribution in [-0.4, -0.2) is 55.2 Å². The standard InChI is InChI=1S/C18H26N2O/c1-2-5-16(6-3-1)18-13-19-9-4-7-17(19)12-20(18)11-15-8-10-21-14-15/h1-3,5-6,15,17-18H,4,7-14H2. The number of rotatable bonds is 3. The van der Waals surface area contributed by atoms with Gasteiger partial charge >= 0.3 is 0 Å². The highest BCUT2D eigenvalue weighted by Gasteiger charge is 2.37. The van der Waals surface area contributed by atoms with Crippen molar-refractivity contribution < 1.29 is 4.74 Å². The molecule has 3 saturated heterocycles. The molecule has 3 atom stereocenters. The minimum absolute atomic E-state index is 0.571. The van der Waals surface area contributed by atoms with Gasteiger partial charge in [-0.2, -0.15) is 0 Å². The number of nitrogens with zero attached hydrogens (tertiary/aromatic N) is 2. The predicted molar refractivity (Wildman–Crippen MR) is 84.3 cm³/mol. The maximum absolute atomic E-state index is 5.59. The fourth-order valence-corrected chi connectivity index (χ4v) is 4.33. The van der Waals surface area contributed by atoms with E-state index in [9.17, 15) is 0 Å². The van der Waals surface area contributed by atoms with Gasteiger partial charge in [0, 0.05) is 38.3 Å². The molecular formula is C18H26N2O. The Hall–Kier alpha value is -0.900. The van der Waals surface area contributed by atoms with Crippen molar-refractivity contribution in [1.29, 1.82) is 0 Å². The van der Waals surface area contributed by atoms with Gasteiger partial charge in [0.15, 0.2) is 0 Å². The van der Waals surface area contributed by atoms with E-state index >= 15 is 0 Å². The van der Waals surface area contributed by atoms with Gasteiger partial charge in [0.05, 0.1) is 6.61 Å². The molecule has 0 bridgehead atoms. The molecular weight excluding hydrogens is 260 g/mol. The molecule has 3 fully saturated rings. The molecule has 0 aromatic heterocycles. The Labute approximate surface area is 127 Å². The van der Waals surface area contributed by atoms with Crippen LogP contribution in [-0.2, 0) is 4.74 Å². The molecule has 3 aliphatic rings. The summed E-state index contributed by atoms with van der Waals surface area (Å²) in [5.41, 5.74) is 1.49. The van der Waals surface area contributed by atoms with Gasteiger partial charge in [-0.15, -0.1) is 0 Å². The monoisotopic (exact) mass is 286 g/mol. The first-order chi connectivity index (χ1) is 10.4. The van der Waals surface area contributed by atoms with E-state index in [1.54, 1.807) is 0 Å². The summed E-state index contributed by atoms with van der Waals surface area (Å²) < 4.78 is 5.59. The highest BCUT2D eigenvalue weighted by molar-refractivity contribution is 5.20. The van der Waals surface area contributed by atoms with Crippen LogP contribution >= 0.6 is 0 Å². The van der Waals surface area contributed by atoms with Crippen LogP contribution in [0.4, 0.5) is 0 Å². The number of fused-ring (bicyclic) bond motifs is 1. The minimum atomic E-state index is 0.571. The van der Waals surface area contributed by atoms with Crippen molar-refractivity contribution in [2.75, 3.05) is 39.4 Å². The van der Waals surface area contributed by atoms with Crippen LogP contribution in [0.25, 0.3) is 0 Å². The van der Waals surface area contributed by atoms with Crippen molar-refractivity contribution in [2.24, 2.45) is 5.92 Å². The topological polar surface area (TPSA) is 15.7 Å². The summed E-state index contributed by atoms with van der Waals surface area (Å²) >= 11 is 0. The molecule has 1 aromatic rings. The second kappa shape index (κ2) is 6.07. The minimum Gasteiger partial charge on any atom is -0.381 e. The Kier molecular flexibility index (Phi) is 3.97. The fraction of sp³-hybridized carbons (Fsp3) is 0.667. The van der Waals surface area contributed by atoms with Crippen LogP contribution in [0.1, 0.15) is 30.9 Å². The molecule has 3 heterocycles. The zero-order chi connectivity index (χ0) is 14.1. The molecule has 3 heteroatoms. The molecule has 3 aliphatic heterocycles. The lowest BCUT2D eigenvalue weighted by Crippen LogP contribution is -2.52. The van der Waals surface area contributed by atoms with Gasteiger partial charge in [-0.05, 0) is 37.3 Å². The van der Waals surface area contributed by atoms with Gasteiger partial charge in [-0.1, -0.05) is 30.3 Å². The maximum atomic E-state index is 5.59. The molecule has 3 unspecified atom stereocenters. The first-order valence-electron chi connectivity index (χ1n) is 8.51. The first kappa shape index (κ1) is 13.7. The Balaban J connectivity index is 1.54. The summed E-state index contributed by atoms with van der Waals surface area (Å²) in [5, 5.41) is 0. The fourth-order valence-electron chi connectivity index (χ4n) is 4.33. The Bertz CT molecular complexity index is 456. The van der Waals surface area contributed by atoms with Gasteiger partial charge in [-0.3, -0.25) is 9.80 Å². The maximum Gasteiger partial charge on any atom is 0.0507 e. The van der Waals surface area contributed by atoms with Crippen molar-refractivity contribution in [3.05, 3.63) is 35.9 Å². The van der Waals surface area contributed by atoms with Crippen molar-refractivity contribution in [1.82, 2.24) is 9.80 Å². The average molecular weight is 286 g/mol. The first-order valence-corrected chi connectivity index (χ1v) is 8.51. The normalized spacial score (nSPS) is 34.2. The second-order valence-electron chi connectivity index (χ2n) is 6.90. The third-order valence-corrected chi connectivity index (χ3v) is 5.49. The molecule has 0 N–H and O–H groups in total. The molecule has 21 heavy (non-hydrogen) atoms. The van der Waals surface area contributed by atoms with Gasteiger partial charge in [0.25, 0.3) is 0 Å². The Morgan fingerprint density at radius 1 is 1.10 bits per heavy atom. The van der Waals surface area contributed by atoms with E-state index in [1.165, 1.54) is 51.0 Å². The summed E-state index contributed by atoms with van der Waals surface area (Å²) in [6.45, 7) is 6.90. The zero-order valence-electron chi connectivity index (χ0n) is 12.8. The molecule has 0 spiro atoms. The van der Waals surface area contributed by atoms with Gasteiger partial charge in [-0.25, -0.2) is 0 Å². The van der Waals surface area contributed by atoms with E-state index in [4.69, 9.17) is 4.74 Å². The van der Waals surface area contributed by atoms with Crippen molar-refractivity contribution in [3.63, 3.8) is 0 Å².